The van der Waals surface area contributed by atoms with Crippen LogP contribution >= 0.6 is 22.9 Å². The van der Waals surface area contributed by atoms with Crippen molar-refractivity contribution in [2.45, 2.75) is 27.2 Å². The van der Waals surface area contributed by atoms with E-state index in [0.717, 1.165) is 33.6 Å². The number of carbonyl (C=O) groups excluding carboxylic acids is 1. The lowest BCUT2D eigenvalue weighted by atomic mass is 10.1. The van der Waals surface area contributed by atoms with Crippen molar-refractivity contribution in [3.63, 3.8) is 0 Å². The van der Waals surface area contributed by atoms with E-state index < -0.39 is 0 Å². The van der Waals surface area contributed by atoms with Crippen LogP contribution < -0.4 is 10.6 Å². The molecule has 136 valence electrons. The van der Waals surface area contributed by atoms with E-state index in [2.05, 4.69) is 34.4 Å². The fourth-order valence-corrected chi connectivity index (χ4v) is 3.91. The maximum atomic E-state index is 12.1. The highest BCUT2D eigenvalue weighted by Crippen LogP contribution is 2.32. The number of anilines is 1. The second-order valence-corrected chi connectivity index (χ2v) is 7.80. The maximum Gasteiger partial charge on any atom is 0.239 e. The van der Waals surface area contributed by atoms with Gasteiger partial charge in [0.25, 0.3) is 0 Å². The zero-order chi connectivity index (χ0) is 18.7. The van der Waals surface area contributed by atoms with Crippen LogP contribution in [-0.4, -0.2) is 29.0 Å². The summed E-state index contributed by atoms with van der Waals surface area (Å²) in [4.78, 5) is 23.3. The number of carbonyl (C=O) groups is 1. The van der Waals surface area contributed by atoms with E-state index in [1.54, 1.807) is 11.3 Å². The van der Waals surface area contributed by atoms with Crippen molar-refractivity contribution in [3.05, 3.63) is 51.1 Å². The molecule has 0 saturated carbocycles. The Morgan fingerprint density at radius 3 is 2.62 bits per heavy atom. The first-order valence-electron chi connectivity index (χ1n) is 8.43. The highest BCUT2D eigenvalue weighted by molar-refractivity contribution is 7.18. The van der Waals surface area contributed by atoms with Crippen molar-refractivity contribution in [1.29, 1.82) is 0 Å². The van der Waals surface area contributed by atoms with Gasteiger partial charge in [-0.2, -0.15) is 0 Å². The molecule has 0 aliphatic rings. The number of hydrogen-bond donors (Lipinski definition) is 2. The second-order valence-electron chi connectivity index (χ2n) is 6.16. The Morgan fingerprint density at radius 1 is 1.15 bits per heavy atom. The Kier molecular flexibility index (Phi) is 5.74. The summed E-state index contributed by atoms with van der Waals surface area (Å²) < 4.78 is 0. The molecule has 0 spiro atoms. The van der Waals surface area contributed by atoms with Crippen LogP contribution in [0.5, 0.6) is 0 Å². The minimum absolute atomic E-state index is 0.0621. The number of nitrogens with zero attached hydrogens (tertiary/aromatic N) is 2. The van der Waals surface area contributed by atoms with Gasteiger partial charge in [0, 0.05) is 16.4 Å². The van der Waals surface area contributed by atoms with Gasteiger partial charge in [-0.3, -0.25) is 4.79 Å². The Morgan fingerprint density at radius 2 is 1.88 bits per heavy atom. The van der Waals surface area contributed by atoms with Crippen molar-refractivity contribution in [1.82, 2.24) is 15.3 Å². The average Bonchev–Trinajstić information content (AvgIpc) is 2.88. The predicted molar refractivity (Wildman–Crippen MR) is 108 cm³/mol. The summed E-state index contributed by atoms with van der Waals surface area (Å²) in [6.07, 6.45) is 0.766. The highest BCUT2D eigenvalue weighted by atomic mass is 35.5. The van der Waals surface area contributed by atoms with Gasteiger partial charge in [-0.25, -0.2) is 9.97 Å². The Balaban J connectivity index is 1.57. The van der Waals surface area contributed by atoms with Crippen LogP contribution in [-0.2, 0) is 11.2 Å². The first-order valence-corrected chi connectivity index (χ1v) is 9.63. The summed E-state index contributed by atoms with van der Waals surface area (Å²) in [6.45, 7) is 6.76. The largest absolute Gasteiger partial charge is 0.360 e. The molecule has 0 atom stereocenters. The SMILES string of the molecule is Cc1nc(NCC(=O)NCCc2ccc(Cl)cc2)c2c(C)c(C)sc2n1. The number of aryl methyl sites for hydroxylation is 3. The number of hydrogen-bond acceptors (Lipinski definition) is 5. The van der Waals surface area contributed by atoms with Gasteiger partial charge in [-0.05, 0) is 50.5 Å². The Hall–Kier alpha value is -2.18. The van der Waals surface area contributed by atoms with Gasteiger partial charge >= 0.3 is 0 Å². The number of aromatic nitrogens is 2. The summed E-state index contributed by atoms with van der Waals surface area (Å²) >= 11 is 7.53. The fourth-order valence-electron chi connectivity index (χ4n) is 2.71. The Labute approximate surface area is 161 Å². The fraction of sp³-hybridized carbons (Fsp3) is 0.316. The van der Waals surface area contributed by atoms with Crippen LogP contribution in [0.3, 0.4) is 0 Å². The number of nitrogens with one attached hydrogen (secondary N) is 2. The first kappa shape index (κ1) is 18.6. The molecule has 26 heavy (non-hydrogen) atoms. The van der Waals surface area contributed by atoms with Crippen LogP contribution in [0.2, 0.25) is 5.02 Å². The maximum absolute atomic E-state index is 12.1. The molecule has 2 heterocycles. The molecule has 0 aliphatic carbocycles. The van der Waals surface area contributed by atoms with E-state index in [1.807, 2.05) is 31.2 Å². The third-order valence-electron chi connectivity index (χ3n) is 4.21. The second kappa shape index (κ2) is 8.01. The zero-order valence-electron chi connectivity index (χ0n) is 15.0. The zero-order valence-corrected chi connectivity index (χ0v) is 16.6. The van der Waals surface area contributed by atoms with Gasteiger partial charge < -0.3 is 10.6 Å². The summed E-state index contributed by atoms with van der Waals surface area (Å²) in [5.74, 6) is 1.36. The molecule has 0 bridgehead atoms. The van der Waals surface area contributed by atoms with E-state index >= 15 is 0 Å². The number of halogens is 1. The van der Waals surface area contributed by atoms with E-state index in [0.29, 0.717) is 17.4 Å². The third kappa shape index (κ3) is 4.31. The lowest BCUT2D eigenvalue weighted by molar-refractivity contribution is -0.119. The standard InChI is InChI=1S/C19H21ClN4OS/c1-11-12(2)26-19-17(11)18(23-13(3)24-19)22-10-16(25)21-9-8-14-4-6-15(20)7-5-14/h4-7H,8-10H2,1-3H3,(H,21,25)(H,22,23,24). The van der Waals surface area contributed by atoms with Gasteiger partial charge in [0.1, 0.15) is 16.5 Å². The van der Waals surface area contributed by atoms with Crippen LogP contribution in [0.1, 0.15) is 21.8 Å². The quantitative estimate of drug-likeness (QED) is 0.668. The number of amides is 1. The molecule has 1 aromatic carbocycles. The molecule has 3 rings (SSSR count). The van der Waals surface area contributed by atoms with Crippen LogP contribution in [0, 0.1) is 20.8 Å². The third-order valence-corrected chi connectivity index (χ3v) is 5.56. The van der Waals surface area contributed by atoms with Gasteiger partial charge in [-0.15, -0.1) is 11.3 Å². The molecule has 2 N–H and O–H groups in total. The van der Waals surface area contributed by atoms with Crippen molar-refractivity contribution in [3.8, 4) is 0 Å². The molecule has 7 heteroatoms. The molecule has 0 saturated heterocycles. The van der Waals surface area contributed by atoms with E-state index in [1.165, 1.54) is 4.88 Å². The molecule has 0 radical (unpaired) electrons. The van der Waals surface area contributed by atoms with Crippen molar-refractivity contribution in [2.75, 3.05) is 18.4 Å². The molecule has 2 aromatic heterocycles. The van der Waals surface area contributed by atoms with Crippen molar-refractivity contribution in [2.24, 2.45) is 0 Å². The highest BCUT2D eigenvalue weighted by Gasteiger charge is 2.14. The lowest BCUT2D eigenvalue weighted by Gasteiger charge is -2.09. The molecule has 0 unspecified atom stereocenters. The average molecular weight is 389 g/mol. The number of fused-ring (bicyclic) bond motifs is 1. The normalized spacial score (nSPS) is 10.9. The topological polar surface area (TPSA) is 66.9 Å². The molecule has 3 aromatic rings. The lowest BCUT2D eigenvalue weighted by Crippen LogP contribution is -2.31. The summed E-state index contributed by atoms with van der Waals surface area (Å²) in [5, 5.41) is 7.81. The smallest absolute Gasteiger partial charge is 0.239 e. The number of benzene rings is 1. The first-order chi connectivity index (χ1) is 12.4. The number of rotatable bonds is 6. The van der Waals surface area contributed by atoms with Crippen molar-refractivity contribution >= 4 is 44.9 Å². The van der Waals surface area contributed by atoms with Crippen LogP contribution in [0.15, 0.2) is 24.3 Å². The van der Waals surface area contributed by atoms with Crippen molar-refractivity contribution < 1.29 is 4.79 Å². The van der Waals surface area contributed by atoms with Crippen LogP contribution in [0.25, 0.3) is 10.2 Å². The molecular formula is C19H21ClN4OS. The van der Waals surface area contributed by atoms with Gasteiger partial charge in [0.2, 0.25) is 5.91 Å². The summed E-state index contributed by atoms with van der Waals surface area (Å²) in [7, 11) is 0. The van der Waals surface area contributed by atoms with Gasteiger partial charge in [-0.1, -0.05) is 23.7 Å². The van der Waals surface area contributed by atoms with Gasteiger partial charge in [0.15, 0.2) is 0 Å². The minimum Gasteiger partial charge on any atom is -0.360 e. The predicted octanol–water partition coefficient (Wildman–Crippen LogP) is 4.04. The summed E-state index contributed by atoms with van der Waals surface area (Å²) in [5.41, 5.74) is 2.30. The van der Waals surface area contributed by atoms with Gasteiger partial charge in [0.05, 0.1) is 11.9 Å². The molecule has 0 fully saturated rings. The van der Waals surface area contributed by atoms with E-state index in [4.69, 9.17) is 11.6 Å². The minimum atomic E-state index is -0.0621. The summed E-state index contributed by atoms with van der Waals surface area (Å²) in [6, 6.07) is 7.64. The monoisotopic (exact) mass is 388 g/mol. The molecule has 1 amide bonds. The molecular weight excluding hydrogens is 368 g/mol. The van der Waals surface area contributed by atoms with E-state index in [9.17, 15) is 4.79 Å². The molecule has 0 aliphatic heterocycles. The molecule has 5 nitrogen and oxygen atoms in total. The van der Waals surface area contributed by atoms with Crippen LogP contribution in [0.4, 0.5) is 5.82 Å². The number of thiophene rings is 1. The Bertz CT molecular complexity index is 937. The van der Waals surface area contributed by atoms with E-state index in [-0.39, 0.29) is 12.5 Å².